The number of nitrogens with one attached hydrogen (secondary N) is 1. The number of ether oxygens (including phenoxy) is 2. The zero-order chi connectivity index (χ0) is 13.2. The molecule has 7 heteroatoms. The Morgan fingerprint density at radius 2 is 2.56 bits per heavy atom. The Hall–Kier alpha value is -1.30. The second kappa shape index (κ2) is 8.74. The first-order valence-corrected chi connectivity index (χ1v) is 6.32. The van der Waals surface area contributed by atoms with Crippen molar-refractivity contribution in [2.75, 3.05) is 26.3 Å². The van der Waals surface area contributed by atoms with Gasteiger partial charge in [0.05, 0.1) is 12.7 Å². The van der Waals surface area contributed by atoms with Gasteiger partial charge in [0.2, 0.25) is 0 Å². The van der Waals surface area contributed by atoms with Crippen LogP contribution in [0.4, 0.5) is 0 Å². The fourth-order valence-electron chi connectivity index (χ4n) is 1.92. The van der Waals surface area contributed by atoms with Crippen molar-refractivity contribution < 1.29 is 14.3 Å². The molecule has 1 aliphatic heterocycles. The average Bonchev–Trinajstić information content (AvgIpc) is 2.87. The molecule has 0 aromatic rings. The number of rotatable bonds is 8. The molecular weight excluding hydrogens is 236 g/mol. The maximum atomic E-state index is 11.8. The molecule has 0 bridgehead atoms. The molecular formula is C11H20N4O3. The van der Waals surface area contributed by atoms with E-state index >= 15 is 0 Å². The molecule has 2 atom stereocenters. The zero-order valence-electron chi connectivity index (χ0n) is 10.7. The number of hydrogen-bond acceptors (Lipinski definition) is 5. The topological polar surface area (TPSA) is 96.3 Å². The van der Waals surface area contributed by atoms with Crippen molar-refractivity contribution in [1.82, 2.24) is 5.32 Å². The summed E-state index contributed by atoms with van der Waals surface area (Å²) in [5.74, 6) is -0.270. The third kappa shape index (κ3) is 4.91. The third-order valence-electron chi connectivity index (χ3n) is 2.74. The third-order valence-corrected chi connectivity index (χ3v) is 2.74. The molecule has 0 amide bonds. The molecule has 2 unspecified atom stereocenters. The predicted molar refractivity (Wildman–Crippen MR) is 66.0 cm³/mol. The quantitative estimate of drug-likeness (QED) is 0.233. The minimum absolute atomic E-state index is 0.108. The van der Waals surface area contributed by atoms with Crippen molar-refractivity contribution in [3.63, 3.8) is 0 Å². The number of esters is 1. The van der Waals surface area contributed by atoms with E-state index in [0.717, 1.165) is 12.8 Å². The molecule has 102 valence electrons. The number of azide groups is 1. The van der Waals surface area contributed by atoms with Gasteiger partial charge in [-0.15, -0.1) is 0 Å². The van der Waals surface area contributed by atoms with Gasteiger partial charge in [-0.2, -0.15) is 0 Å². The number of hydrogen-bond donors (Lipinski definition) is 1. The molecule has 1 heterocycles. The van der Waals surface area contributed by atoms with E-state index in [-0.39, 0.29) is 12.1 Å². The number of carbonyl (C=O) groups excluding carboxylic acids is 1. The number of nitrogens with zero attached hydrogens (tertiary/aromatic N) is 3. The first-order chi connectivity index (χ1) is 8.79. The van der Waals surface area contributed by atoms with E-state index in [2.05, 4.69) is 15.3 Å². The number of carbonyl (C=O) groups is 1. The van der Waals surface area contributed by atoms with Gasteiger partial charge in [-0.25, -0.2) is 0 Å². The average molecular weight is 256 g/mol. The summed E-state index contributed by atoms with van der Waals surface area (Å²) in [5.41, 5.74) is 8.15. The first-order valence-electron chi connectivity index (χ1n) is 6.32. The molecule has 0 aromatic carbocycles. The molecule has 7 nitrogen and oxygen atoms in total. The Labute approximate surface area is 106 Å². The van der Waals surface area contributed by atoms with Crippen molar-refractivity contribution in [1.29, 1.82) is 0 Å². The molecule has 0 aromatic heterocycles. The Morgan fingerprint density at radius 1 is 1.72 bits per heavy atom. The molecule has 0 saturated carbocycles. The Bertz CT molecular complexity index is 299. The van der Waals surface area contributed by atoms with Crippen LogP contribution in [0.1, 0.15) is 26.2 Å². The van der Waals surface area contributed by atoms with Gasteiger partial charge in [0.15, 0.2) is 0 Å². The predicted octanol–water partition coefficient (Wildman–Crippen LogP) is 1.39. The highest BCUT2D eigenvalue weighted by atomic mass is 16.5. The fourth-order valence-corrected chi connectivity index (χ4v) is 1.92. The Kier molecular flexibility index (Phi) is 7.17. The van der Waals surface area contributed by atoms with E-state index in [1.807, 2.05) is 0 Å². The van der Waals surface area contributed by atoms with Crippen molar-refractivity contribution in [2.45, 2.75) is 38.3 Å². The maximum Gasteiger partial charge on any atom is 0.325 e. The monoisotopic (exact) mass is 256 g/mol. The summed E-state index contributed by atoms with van der Waals surface area (Å²) in [6, 6.07) is -0.418. The lowest BCUT2D eigenvalue weighted by Gasteiger charge is -2.22. The van der Waals surface area contributed by atoms with Crippen LogP contribution in [0.25, 0.3) is 10.4 Å². The van der Waals surface area contributed by atoms with Crippen LogP contribution in [-0.2, 0) is 14.3 Å². The summed E-state index contributed by atoms with van der Waals surface area (Å²) < 4.78 is 10.5. The molecule has 0 aliphatic carbocycles. The Balaban J connectivity index is 2.38. The van der Waals surface area contributed by atoms with E-state index in [1.54, 1.807) is 6.92 Å². The van der Waals surface area contributed by atoms with Gasteiger partial charge in [-0.1, -0.05) is 5.11 Å². The van der Waals surface area contributed by atoms with E-state index in [1.165, 1.54) is 0 Å². The lowest BCUT2D eigenvalue weighted by molar-refractivity contribution is -0.149. The minimum atomic E-state index is -0.418. The maximum absolute atomic E-state index is 11.8. The van der Waals surface area contributed by atoms with Crippen molar-refractivity contribution in [3.05, 3.63) is 10.4 Å². The fraction of sp³-hybridized carbons (Fsp3) is 0.909. The lowest BCUT2D eigenvalue weighted by Crippen LogP contribution is -2.47. The summed E-state index contributed by atoms with van der Waals surface area (Å²) >= 11 is 0. The highest BCUT2D eigenvalue weighted by molar-refractivity contribution is 5.76. The second-order valence-electron chi connectivity index (χ2n) is 4.04. The smallest absolute Gasteiger partial charge is 0.325 e. The van der Waals surface area contributed by atoms with Crippen LogP contribution in [0.5, 0.6) is 0 Å². The van der Waals surface area contributed by atoms with Crippen LogP contribution in [0, 0.1) is 0 Å². The first kappa shape index (κ1) is 14.8. The van der Waals surface area contributed by atoms with E-state index in [0.29, 0.717) is 32.7 Å². The summed E-state index contributed by atoms with van der Waals surface area (Å²) in [4.78, 5) is 14.5. The van der Waals surface area contributed by atoms with Crippen LogP contribution < -0.4 is 5.32 Å². The highest BCUT2D eigenvalue weighted by Crippen LogP contribution is 2.16. The largest absolute Gasteiger partial charge is 0.465 e. The van der Waals surface area contributed by atoms with Crippen LogP contribution >= 0.6 is 0 Å². The zero-order valence-corrected chi connectivity index (χ0v) is 10.7. The molecule has 0 radical (unpaired) electrons. The summed E-state index contributed by atoms with van der Waals surface area (Å²) in [6.07, 6.45) is 2.42. The SMILES string of the molecule is CCOC(=O)C(NCCCN=[N+]=[N-])C1CCCO1. The van der Waals surface area contributed by atoms with Gasteiger partial charge in [0, 0.05) is 18.1 Å². The van der Waals surface area contributed by atoms with Crippen LogP contribution in [-0.4, -0.2) is 44.4 Å². The second-order valence-corrected chi connectivity index (χ2v) is 4.04. The molecule has 1 N–H and O–H groups in total. The molecule has 1 saturated heterocycles. The molecule has 0 spiro atoms. The normalized spacial score (nSPS) is 20.2. The van der Waals surface area contributed by atoms with Gasteiger partial charge in [0.25, 0.3) is 0 Å². The lowest BCUT2D eigenvalue weighted by atomic mass is 10.1. The highest BCUT2D eigenvalue weighted by Gasteiger charge is 2.32. The van der Waals surface area contributed by atoms with Gasteiger partial charge in [0.1, 0.15) is 6.04 Å². The van der Waals surface area contributed by atoms with Crippen LogP contribution in [0.15, 0.2) is 5.11 Å². The van der Waals surface area contributed by atoms with Gasteiger partial charge >= 0.3 is 5.97 Å². The van der Waals surface area contributed by atoms with E-state index in [4.69, 9.17) is 15.0 Å². The van der Waals surface area contributed by atoms with Gasteiger partial charge in [-0.05, 0) is 38.3 Å². The summed E-state index contributed by atoms with van der Waals surface area (Å²) in [5, 5.41) is 6.56. The molecule has 1 fully saturated rings. The minimum Gasteiger partial charge on any atom is -0.465 e. The molecule has 1 aliphatic rings. The van der Waals surface area contributed by atoms with Crippen LogP contribution in [0.2, 0.25) is 0 Å². The molecule has 1 rings (SSSR count). The van der Waals surface area contributed by atoms with Crippen molar-refractivity contribution >= 4 is 5.97 Å². The van der Waals surface area contributed by atoms with Crippen molar-refractivity contribution in [2.24, 2.45) is 5.11 Å². The van der Waals surface area contributed by atoms with Gasteiger partial charge in [-0.3, -0.25) is 4.79 Å². The van der Waals surface area contributed by atoms with Crippen LogP contribution in [0.3, 0.4) is 0 Å². The summed E-state index contributed by atoms with van der Waals surface area (Å²) in [6.45, 7) is 3.86. The van der Waals surface area contributed by atoms with Crippen molar-refractivity contribution in [3.8, 4) is 0 Å². The molecule has 18 heavy (non-hydrogen) atoms. The van der Waals surface area contributed by atoms with E-state index < -0.39 is 6.04 Å². The van der Waals surface area contributed by atoms with E-state index in [9.17, 15) is 4.79 Å². The standard InChI is InChI=1S/C11H20N4O3/c1-2-17-11(16)10(9-5-3-8-18-9)13-6-4-7-14-15-12/h9-10,13H,2-8H2,1H3. The van der Waals surface area contributed by atoms with Gasteiger partial charge < -0.3 is 14.8 Å². The Morgan fingerprint density at radius 3 is 3.17 bits per heavy atom. The summed E-state index contributed by atoms with van der Waals surface area (Å²) in [7, 11) is 0.